The van der Waals surface area contributed by atoms with E-state index in [9.17, 15) is 4.79 Å². The van der Waals surface area contributed by atoms with Crippen molar-refractivity contribution in [2.75, 3.05) is 5.32 Å². The minimum absolute atomic E-state index is 0.0736. The van der Waals surface area contributed by atoms with Gasteiger partial charge in [-0.15, -0.1) is 11.3 Å². The van der Waals surface area contributed by atoms with Gasteiger partial charge in [0.2, 0.25) is 5.91 Å². The molecule has 0 aliphatic heterocycles. The van der Waals surface area contributed by atoms with Crippen molar-refractivity contribution in [1.82, 2.24) is 15.2 Å². The van der Waals surface area contributed by atoms with Crippen molar-refractivity contribution in [3.63, 3.8) is 0 Å². The molecule has 0 aliphatic rings. The van der Waals surface area contributed by atoms with Crippen molar-refractivity contribution in [3.8, 4) is 0 Å². The molecule has 3 rings (SSSR count). The molecule has 0 fully saturated rings. The van der Waals surface area contributed by atoms with E-state index >= 15 is 0 Å². The second-order valence-electron chi connectivity index (χ2n) is 4.22. The van der Waals surface area contributed by atoms with Crippen molar-refractivity contribution in [2.45, 2.75) is 13.3 Å². The summed E-state index contributed by atoms with van der Waals surface area (Å²) in [6.07, 6.45) is 1.92. The number of thiazole rings is 1. The number of H-pyrrole nitrogens is 1. The van der Waals surface area contributed by atoms with Crippen LogP contribution >= 0.6 is 11.3 Å². The molecule has 0 saturated carbocycles. The maximum Gasteiger partial charge on any atom is 0.230 e. The predicted octanol–water partition coefficient (Wildman–Crippen LogP) is 2.51. The molecule has 5 nitrogen and oxygen atoms in total. The van der Waals surface area contributed by atoms with Gasteiger partial charge in [-0.2, -0.15) is 5.10 Å². The van der Waals surface area contributed by atoms with Crippen LogP contribution in [0.3, 0.4) is 0 Å². The molecule has 0 aliphatic carbocycles. The SMILES string of the molecule is Cc1nc2cc(NC(=O)Cc3ccn[nH]3)ccc2s1. The minimum atomic E-state index is -0.0736. The third-order valence-electron chi connectivity index (χ3n) is 2.69. The van der Waals surface area contributed by atoms with Crippen LogP contribution in [-0.4, -0.2) is 21.1 Å². The zero-order valence-electron chi connectivity index (χ0n) is 10.3. The lowest BCUT2D eigenvalue weighted by Crippen LogP contribution is -2.14. The number of carbonyl (C=O) groups excluding carboxylic acids is 1. The first-order valence-electron chi connectivity index (χ1n) is 5.86. The standard InChI is InChI=1S/C13H12N4OS/c1-8-15-11-6-9(2-3-12(11)19-8)16-13(18)7-10-4-5-14-17-10/h2-6H,7H2,1H3,(H,14,17)(H,16,18). The summed E-state index contributed by atoms with van der Waals surface area (Å²) in [6, 6.07) is 7.55. The number of aryl methyl sites for hydroxylation is 1. The molecule has 0 spiro atoms. The van der Waals surface area contributed by atoms with Gasteiger partial charge in [0, 0.05) is 17.6 Å². The van der Waals surface area contributed by atoms with Crippen molar-refractivity contribution >= 4 is 33.1 Å². The second kappa shape index (κ2) is 4.81. The Labute approximate surface area is 113 Å². The van der Waals surface area contributed by atoms with Gasteiger partial charge in [-0.05, 0) is 31.2 Å². The maximum atomic E-state index is 11.8. The number of aromatic amines is 1. The minimum Gasteiger partial charge on any atom is -0.326 e. The summed E-state index contributed by atoms with van der Waals surface area (Å²) in [6.45, 7) is 1.97. The molecule has 0 atom stereocenters. The second-order valence-corrected chi connectivity index (χ2v) is 5.46. The van der Waals surface area contributed by atoms with E-state index in [2.05, 4.69) is 20.5 Å². The van der Waals surface area contributed by atoms with Crippen LogP contribution in [0.15, 0.2) is 30.5 Å². The first-order chi connectivity index (χ1) is 9.20. The van der Waals surface area contributed by atoms with Crippen LogP contribution in [0.25, 0.3) is 10.2 Å². The lowest BCUT2D eigenvalue weighted by Gasteiger charge is -2.03. The largest absolute Gasteiger partial charge is 0.326 e. The number of hydrogen-bond donors (Lipinski definition) is 2. The van der Waals surface area contributed by atoms with Gasteiger partial charge in [-0.3, -0.25) is 9.89 Å². The van der Waals surface area contributed by atoms with E-state index in [-0.39, 0.29) is 12.3 Å². The number of fused-ring (bicyclic) bond motifs is 1. The fraction of sp³-hybridized carbons (Fsp3) is 0.154. The van der Waals surface area contributed by atoms with Gasteiger partial charge in [0.15, 0.2) is 0 Å². The average molecular weight is 272 g/mol. The maximum absolute atomic E-state index is 11.8. The molecule has 96 valence electrons. The molecule has 1 amide bonds. The molecule has 2 N–H and O–H groups in total. The van der Waals surface area contributed by atoms with Crippen LogP contribution in [0.5, 0.6) is 0 Å². The van der Waals surface area contributed by atoms with E-state index in [0.29, 0.717) is 0 Å². The molecule has 0 radical (unpaired) electrons. The zero-order chi connectivity index (χ0) is 13.2. The third-order valence-corrected chi connectivity index (χ3v) is 3.64. The van der Waals surface area contributed by atoms with Crippen LogP contribution in [0.1, 0.15) is 10.7 Å². The average Bonchev–Trinajstić information content (AvgIpc) is 2.96. The number of aromatic nitrogens is 3. The van der Waals surface area contributed by atoms with Gasteiger partial charge < -0.3 is 5.32 Å². The monoisotopic (exact) mass is 272 g/mol. The zero-order valence-corrected chi connectivity index (χ0v) is 11.1. The first kappa shape index (κ1) is 11.9. The molecule has 2 heterocycles. The lowest BCUT2D eigenvalue weighted by molar-refractivity contribution is -0.115. The summed E-state index contributed by atoms with van der Waals surface area (Å²) in [5.41, 5.74) is 2.48. The van der Waals surface area contributed by atoms with Gasteiger partial charge in [0.05, 0.1) is 21.6 Å². The predicted molar refractivity (Wildman–Crippen MR) is 75.3 cm³/mol. The molecule has 19 heavy (non-hydrogen) atoms. The number of nitrogens with one attached hydrogen (secondary N) is 2. The highest BCUT2D eigenvalue weighted by Crippen LogP contribution is 2.24. The highest BCUT2D eigenvalue weighted by molar-refractivity contribution is 7.18. The molecule has 1 aromatic carbocycles. The molecule has 0 saturated heterocycles. The third kappa shape index (κ3) is 2.63. The van der Waals surface area contributed by atoms with E-state index < -0.39 is 0 Å². The van der Waals surface area contributed by atoms with Crippen LogP contribution in [0.2, 0.25) is 0 Å². The van der Waals surface area contributed by atoms with Crippen molar-refractivity contribution < 1.29 is 4.79 Å². The van der Waals surface area contributed by atoms with Crippen LogP contribution in [-0.2, 0) is 11.2 Å². The Morgan fingerprint density at radius 2 is 2.32 bits per heavy atom. The molecule has 0 bridgehead atoms. The smallest absolute Gasteiger partial charge is 0.230 e. The summed E-state index contributed by atoms with van der Waals surface area (Å²) in [4.78, 5) is 16.3. The summed E-state index contributed by atoms with van der Waals surface area (Å²) in [5, 5.41) is 10.5. The first-order valence-corrected chi connectivity index (χ1v) is 6.68. The number of anilines is 1. The Bertz CT molecular complexity index is 717. The van der Waals surface area contributed by atoms with Crippen LogP contribution in [0, 0.1) is 6.92 Å². The van der Waals surface area contributed by atoms with E-state index in [1.165, 1.54) is 0 Å². The summed E-state index contributed by atoms with van der Waals surface area (Å²) < 4.78 is 1.13. The van der Waals surface area contributed by atoms with Gasteiger partial charge in [0.1, 0.15) is 0 Å². The van der Waals surface area contributed by atoms with E-state index in [4.69, 9.17) is 0 Å². The van der Waals surface area contributed by atoms with Gasteiger partial charge in [0.25, 0.3) is 0 Å². The fourth-order valence-electron chi connectivity index (χ4n) is 1.88. The quantitative estimate of drug-likeness (QED) is 0.769. The van der Waals surface area contributed by atoms with Crippen LogP contribution < -0.4 is 5.32 Å². The normalized spacial score (nSPS) is 10.8. The molecular weight excluding hydrogens is 260 g/mol. The Hall–Kier alpha value is -2.21. The number of hydrogen-bond acceptors (Lipinski definition) is 4. The Balaban J connectivity index is 1.75. The highest BCUT2D eigenvalue weighted by atomic mass is 32.1. The summed E-state index contributed by atoms with van der Waals surface area (Å²) >= 11 is 1.65. The van der Waals surface area contributed by atoms with Crippen molar-refractivity contribution in [1.29, 1.82) is 0 Å². The molecule has 3 aromatic rings. The van der Waals surface area contributed by atoms with Crippen LogP contribution in [0.4, 0.5) is 5.69 Å². The molecular formula is C13H12N4OS. The number of carbonyl (C=O) groups is 1. The van der Waals surface area contributed by atoms with E-state index in [1.807, 2.05) is 25.1 Å². The summed E-state index contributed by atoms with van der Waals surface area (Å²) in [7, 11) is 0. The van der Waals surface area contributed by atoms with E-state index in [0.717, 1.165) is 26.6 Å². The summed E-state index contributed by atoms with van der Waals surface area (Å²) in [5.74, 6) is -0.0736. The van der Waals surface area contributed by atoms with Crippen molar-refractivity contribution in [3.05, 3.63) is 41.2 Å². The Kier molecular flexibility index (Phi) is 3.00. The topological polar surface area (TPSA) is 70.7 Å². The molecule has 2 aromatic heterocycles. The highest BCUT2D eigenvalue weighted by Gasteiger charge is 2.07. The van der Waals surface area contributed by atoms with Gasteiger partial charge in [-0.25, -0.2) is 4.98 Å². The Morgan fingerprint density at radius 3 is 3.11 bits per heavy atom. The Morgan fingerprint density at radius 1 is 1.42 bits per heavy atom. The number of benzene rings is 1. The van der Waals surface area contributed by atoms with Crippen molar-refractivity contribution in [2.24, 2.45) is 0 Å². The number of nitrogens with zero attached hydrogens (tertiary/aromatic N) is 2. The van der Waals surface area contributed by atoms with E-state index in [1.54, 1.807) is 23.6 Å². The number of amides is 1. The number of rotatable bonds is 3. The van der Waals surface area contributed by atoms with Gasteiger partial charge >= 0.3 is 0 Å². The molecule has 6 heteroatoms. The lowest BCUT2D eigenvalue weighted by atomic mass is 10.2. The van der Waals surface area contributed by atoms with Gasteiger partial charge in [-0.1, -0.05) is 0 Å². The molecule has 0 unspecified atom stereocenters. The fourth-order valence-corrected chi connectivity index (χ4v) is 2.69.